The van der Waals surface area contributed by atoms with Crippen LogP contribution in [-0.4, -0.2) is 24.0 Å². The number of benzene rings is 1. The fourth-order valence-electron chi connectivity index (χ4n) is 2.76. The van der Waals surface area contributed by atoms with Crippen LogP contribution in [0.4, 0.5) is 11.4 Å². The second-order valence-electron chi connectivity index (χ2n) is 6.06. The van der Waals surface area contributed by atoms with E-state index in [0.29, 0.717) is 5.56 Å². The molecule has 23 heavy (non-hydrogen) atoms. The van der Waals surface area contributed by atoms with E-state index in [-0.39, 0.29) is 5.91 Å². The summed E-state index contributed by atoms with van der Waals surface area (Å²) in [6.45, 7) is 4.53. The van der Waals surface area contributed by atoms with Gasteiger partial charge in [-0.3, -0.25) is 9.78 Å². The van der Waals surface area contributed by atoms with Crippen molar-refractivity contribution in [2.45, 2.75) is 19.8 Å². The average molecular weight is 374 g/mol. The fraction of sp³-hybridized carbons (Fsp3) is 0.333. The van der Waals surface area contributed by atoms with Gasteiger partial charge in [0.1, 0.15) is 0 Å². The average Bonchev–Trinajstić information content (AvgIpc) is 2.56. The zero-order valence-electron chi connectivity index (χ0n) is 13.1. The molecule has 1 amide bonds. The van der Waals surface area contributed by atoms with Crippen LogP contribution in [0.1, 0.15) is 30.1 Å². The van der Waals surface area contributed by atoms with E-state index in [4.69, 9.17) is 0 Å². The van der Waals surface area contributed by atoms with Gasteiger partial charge in [-0.25, -0.2) is 0 Å². The Labute approximate surface area is 145 Å². The third-order valence-corrected chi connectivity index (χ3v) is 4.67. The van der Waals surface area contributed by atoms with E-state index in [1.165, 1.54) is 18.5 Å². The molecule has 0 bridgehead atoms. The Balaban J connectivity index is 1.64. The highest BCUT2D eigenvalue weighted by Gasteiger charge is 2.16. The molecule has 0 saturated carbocycles. The van der Waals surface area contributed by atoms with Gasteiger partial charge in [-0.05, 0) is 65.0 Å². The highest BCUT2D eigenvalue weighted by Crippen LogP contribution is 2.24. The summed E-state index contributed by atoms with van der Waals surface area (Å²) in [5, 5.41) is 2.90. The number of aromatic nitrogens is 1. The molecule has 1 aromatic carbocycles. The van der Waals surface area contributed by atoms with Crippen molar-refractivity contribution < 1.29 is 4.79 Å². The third kappa shape index (κ3) is 4.10. The number of nitrogens with zero attached hydrogens (tertiary/aromatic N) is 2. The molecule has 2 aromatic rings. The molecule has 1 N–H and O–H groups in total. The standard InChI is InChI=1S/C18H20BrN3O/c1-13-6-8-22(9-7-13)17-4-2-16(3-5-17)21-18(23)14-10-15(19)12-20-11-14/h2-5,10-13H,6-9H2,1H3,(H,21,23). The number of hydrogen-bond acceptors (Lipinski definition) is 3. The van der Waals surface area contributed by atoms with Gasteiger partial charge in [-0.1, -0.05) is 6.92 Å². The number of rotatable bonds is 3. The number of pyridine rings is 1. The van der Waals surface area contributed by atoms with Crippen LogP contribution in [0.15, 0.2) is 47.2 Å². The van der Waals surface area contributed by atoms with Gasteiger partial charge in [0.15, 0.2) is 0 Å². The summed E-state index contributed by atoms with van der Waals surface area (Å²) in [6, 6.07) is 9.81. The highest BCUT2D eigenvalue weighted by atomic mass is 79.9. The molecule has 0 aliphatic carbocycles. The van der Waals surface area contributed by atoms with E-state index in [1.807, 2.05) is 12.1 Å². The monoisotopic (exact) mass is 373 g/mol. The quantitative estimate of drug-likeness (QED) is 0.870. The first-order valence-electron chi connectivity index (χ1n) is 7.89. The van der Waals surface area contributed by atoms with Crippen molar-refractivity contribution in [3.8, 4) is 0 Å². The molecule has 0 atom stereocenters. The topological polar surface area (TPSA) is 45.2 Å². The van der Waals surface area contributed by atoms with Crippen LogP contribution < -0.4 is 10.2 Å². The minimum absolute atomic E-state index is 0.154. The molecule has 1 aliphatic rings. The lowest BCUT2D eigenvalue weighted by Gasteiger charge is -2.32. The maximum absolute atomic E-state index is 12.2. The normalized spacial score (nSPS) is 15.5. The lowest BCUT2D eigenvalue weighted by molar-refractivity contribution is 0.102. The minimum Gasteiger partial charge on any atom is -0.372 e. The van der Waals surface area contributed by atoms with Gasteiger partial charge in [0, 0.05) is 41.3 Å². The zero-order valence-corrected chi connectivity index (χ0v) is 14.7. The lowest BCUT2D eigenvalue weighted by Crippen LogP contribution is -2.32. The zero-order chi connectivity index (χ0) is 16.2. The molecule has 3 rings (SSSR count). The number of carbonyl (C=O) groups is 1. The smallest absolute Gasteiger partial charge is 0.257 e. The Morgan fingerprint density at radius 1 is 1.22 bits per heavy atom. The van der Waals surface area contributed by atoms with Crippen LogP contribution >= 0.6 is 15.9 Å². The van der Waals surface area contributed by atoms with Crippen LogP contribution in [0.2, 0.25) is 0 Å². The molecular formula is C18H20BrN3O. The maximum atomic E-state index is 12.2. The second kappa shape index (κ2) is 7.13. The van der Waals surface area contributed by atoms with E-state index in [2.05, 4.69) is 50.2 Å². The van der Waals surface area contributed by atoms with Gasteiger partial charge in [-0.15, -0.1) is 0 Å². The van der Waals surface area contributed by atoms with Crippen molar-refractivity contribution in [1.29, 1.82) is 0 Å². The molecule has 120 valence electrons. The molecule has 4 nitrogen and oxygen atoms in total. The largest absolute Gasteiger partial charge is 0.372 e. The SMILES string of the molecule is CC1CCN(c2ccc(NC(=O)c3cncc(Br)c3)cc2)CC1. The molecule has 0 radical (unpaired) electrons. The molecule has 1 saturated heterocycles. The van der Waals surface area contributed by atoms with E-state index >= 15 is 0 Å². The molecule has 1 aromatic heterocycles. The number of amides is 1. The molecule has 0 spiro atoms. The maximum Gasteiger partial charge on any atom is 0.257 e. The van der Waals surface area contributed by atoms with E-state index < -0.39 is 0 Å². The lowest BCUT2D eigenvalue weighted by atomic mass is 9.99. The first kappa shape index (κ1) is 16.0. The van der Waals surface area contributed by atoms with Crippen LogP contribution in [0.25, 0.3) is 0 Å². The Morgan fingerprint density at radius 2 is 1.91 bits per heavy atom. The van der Waals surface area contributed by atoms with E-state index in [9.17, 15) is 4.79 Å². The third-order valence-electron chi connectivity index (χ3n) is 4.24. The summed E-state index contributed by atoms with van der Waals surface area (Å²) >= 11 is 3.33. The molecule has 1 fully saturated rings. The number of anilines is 2. The van der Waals surface area contributed by atoms with Crippen LogP contribution in [0.3, 0.4) is 0 Å². The van der Waals surface area contributed by atoms with E-state index in [0.717, 1.165) is 29.2 Å². The molecule has 0 unspecified atom stereocenters. The summed E-state index contributed by atoms with van der Waals surface area (Å²) in [6.07, 6.45) is 5.71. The van der Waals surface area contributed by atoms with Crippen molar-refractivity contribution in [3.05, 3.63) is 52.8 Å². The Bertz CT molecular complexity index is 679. The Hall–Kier alpha value is -1.88. The van der Waals surface area contributed by atoms with Crippen molar-refractivity contribution in [3.63, 3.8) is 0 Å². The number of hydrogen-bond donors (Lipinski definition) is 1. The summed E-state index contributed by atoms with van der Waals surface area (Å²) in [5.74, 6) is 0.668. The number of nitrogens with one attached hydrogen (secondary N) is 1. The van der Waals surface area contributed by atoms with Gasteiger partial charge in [0.2, 0.25) is 0 Å². The van der Waals surface area contributed by atoms with E-state index in [1.54, 1.807) is 18.5 Å². The van der Waals surface area contributed by atoms with Crippen LogP contribution in [0, 0.1) is 5.92 Å². The number of halogens is 1. The molecule has 1 aliphatic heterocycles. The minimum atomic E-state index is -0.154. The fourth-order valence-corrected chi connectivity index (χ4v) is 3.13. The first-order valence-corrected chi connectivity index (χ1v) is 8.68. The van der Waals surface area contributed by atoms with Gasteiger partial charge in [0.25, 0.3) is 5.91 Å². The Morgan fingerprint density at radius 3 is 2.57 bits per heavy atom. The molecular weight excluding hydrogens is 354 g/mol. The summed E-state index contributed by atoms with van der Waals surface area (Å²) in [7, 11) is 0. The first-order chi connectivity index (χ1) is 11.1. The summed E-state index contributed by atoms with van der Waals surface area (Å²) in [4.78, 5) is 18.6. The van der Waals surface area contributed by atoms with Crippen molar-refractivity contribution in [1.82, 2.24) is 4.98 Å². The molecule has 2 heterocycles. The number of piperidine rings is 1. The second-order valence-corrected chi connectivity index (χ2v) is 6.98. The Kier molecular flexibility index (Phi) is 4.96. The summed E-state index contributed by atoms with van der Waals surface area (Å²) in [5.41, 5.74) is 2.55. The van der Waals surface area contributed by atoms with Gasteiger partial charge >= 0.3 is 0 Å². The predicted octanol–water partition coefficient (Wildman–Crippen LogP) is 4.33. The van der Waals surface area contributed by atoms with Crippen LogP contribution in [0.5, 0.6) is 0 Å². The summed E-state index contributed by atoms with van der Waals surface area (Å²) < 4.78 is 0.792. The van der Waals surface area contributed by atoms with Crippen molar-refractivity contribution in [2.24, 2.45) is 5.92 Å². The van der Waals surface area contributed by atoms with Gasteiger partial charge in [0.05, 0.1) is 5.56 Å². The van der Waals surface area contributed by atoms with Gasteiger partial charge in [-0.2, -0.15) is 0 Å². The van der Waals surface area contributed by atoms with Gasteiger partial charge < -0.3 is 10.2 Å². The predicted molar refractivity (Wildman–Crippen MR) is 96.9 cm³/mol. The van der Waals surface area contributed by atoms with Crippen molar-refractivity contribution >= 4 is 33.2 Å². The van der Waals surface area contributed by atoms with Crippen LogP contribution in [-0.2, 0) is 0 Å². The number of carbonyl (C=O) groups excluding carboxylic acids is 1. The highest BCUT2D eigenvalue weighted by molar-refractivity contribution is 9.10. The molecule has 5 heteroatoms. The van der Waals surface area contributed by atoms with Crippen molar-refractivity contribution in [2.75, 3.05) is 23.3 Å².